The second-order valence-corrected chi connectivity index (χ2v) is 3.51. The fourth-order valence-electron chi connectivity index (χ4n) is 0.992. The highest BCUT2D eigenvalue weighted by Crippen LogP contribution is 2.24. The summed E-state index contributed by atoms with van der Waals surface area (Å²) in [7, 11) is 1.64. The van der Waals surface area contributed by atoms with Gasteiger partial charge in [-0.2, -0.15) is 0 Å². The van der Waals surface area contributed by atoms with E-state index in [2.05, 4.69) is 5.32 Å². The highest BCUT2D eigenvalue weighted by atomic mass is 35.5. The van der Waals surface area contributed by atoms with Crippen LogP contribution in [0.3, 0.4) is 0 Å². The van der Waals surface area contributed by atoms with Gasteiger partial charge in [0.05, 0.1) is 16.6 Å². The third kappa shape index (κ3) is 2.44. The monoisotopic (exact) mass is 235 g/mol. The Labute approximate surface area is 91.0 Å². The van der Waals surface area contributed by atoms with Crippen LogP contribution in [0.5, 0.6) is 0 Å². The Balaban J connectivity index is 3.09. The lowest BCUT2D eigenvalue weighted by molar-refractivity contribution is 0.0993. The zero-order valence-corrected chi connectivity index (χ0v) is 8.92. The average molecular weight is 236 g/mol. The Morgan fingerprint density at radius 3 is 2.64 bits per heavy atom. The maximum Gasteiger partial charge on any atom is 0.178 e. The predicted octanol–water partition coefficient (Wildman–Crippen LogP) is 2.53. The van der Waals surface area contributed by atoms with Crippen LogP contribution in [0.2, 0.25) is 10.0 Å². The molecular weight excluding hydrogens is 228 g/mol. The van der Waals surface area contributed by atoms with E-state index in [-0.39, 0.29) is 27.9 Å². The molecule has 76 valence electrons. The average Bonchev–Trinajstić information content (AvgIpc) is 2.11. The van der Waals surface area contributed by atoms with Gasteiger partial charge in [-0.1, -0.05) is 23.2 Å². The van der Waals surface area contributed by atoms with Gasteiger partial charge in [0.15, 0.2) is 5.78 Å². The third-order valence-electron chi connectivity index (χ3n) is 1.65. The molecule has 1 rings (SSSR count). The molecule has 14 heavy (non-hydrogen) atoms. The van der Waals surface area contributed by atoms with Gasteiger partial charge >= 0.3 is 0 Å². The lowest BCUT2D eigenvalue weighted by atomic mass is 10.1. The number of Topliss-reactive ketones (excluding diaryl/α,β-unsaturated/α-hetero) is 1. The lowest BCUT2D eigenvalue weighted by Gasteiger charge is -2.04. The topological polar surface area (TPSA) is 29.1 Å². The second kappa shape index (κ2) is 4.73. The Morgan fingerprint density at radius 2 is 2.07 bits per heavy atom. The molecule has 0 bridgehead atoms. The van der Waals surface area contributed by atoms with E-state index in [1.54, 1.807) is 7.05 Å². The molecule has 0 aliphatic rings. The number of nitrogens with one attached hydrogen (secondary N) is 1. The van der Waals surface area contributed by atoms with Crippen molar-refractivity contribution in [1.82, 2.24) is 5.32 Å². The van der Waals surface area contributed by atoms with Gasteiger partial charge in [0.2, 0.25) is 0 Å². The first-order valence-electron chi connectivity index (χ1n) is 3.88. The standard InChI is InChI=1S/C9H8Cl2FNO/c1-13-4-9(14)5-2-7(11)8(12)3-6(5)10/h2-3,13H,4H2,1H3. The summed E-state index contributed by atoms with van der Waals surface area (Å²) in [6, 6.07) is 2.27. The molecule has 2 nitrogen and oxygen atoms in total. The van der Waals surface area contributed by atoms with E-state index in [4.69, 9.17) is 23.2 Å². The molecule has 0 aromatic heterocycles. The molecule has 0 fully saturated rings. The van der Waals surface area contributed by atoms with Crippen LogP contribution in [-0.2, 0) is 0 Å². The van der Waals surface area contributed by atoms with Crippen LogP contribution in [0.4, 0.5) is 4.39 Å². The van der Waals surface area contributed by atoms with E-state index in [1.165, 1.54) is 6.07 Å². The molecule has 0 saturated carbocycles. The van der Waals surface area contributed by atoms with E-state index in [9.17, 15) is 9.18 Å². The van der Waals surface area contributed by atoms with Crippen molar-refractivity contribution >= 4 is 29.0 Å². The SMILES string of the molecule is CNCC(=O)c1cc(Cl)c(F)cc1Cl. The van der Waals surface area contributed by atoms with Crippen molar-refractivity contribution in [3.8, 4) is 0 Å². The lowest BCUT2D eigenvalue weighted by Crippen LogP contribution is -2.18. The summed E-state index contributed by atoms with van der Waals surface area (Å²) < 4.78 is 12.9. The molecule has 0 amide bonds. The van der Waals surface area contributed by atoms with Crippen molar-refractivity contribution in [2.45, 2.75) is 0 Å². The van der Waals surface area contributed by atoms with Crippen LogP contribution >= 0.6 is 23.2 Å². The van der Waals surface area contributed by atoms with Gasteiger partial charge in [-0.25, -0.2) is 4.39 Å². The van der Waals surface area contributed by atoms with Gasteiger partial charge in [0, 0.05) is 5.56 Å². The fourth-order valence-corrected chi connectivity index (χ4v) is 1.41. The summed E-state index contributed by atoms with van der Waals surface area (Å²) in [6.07, 6.45) is 0. The molecule has 1 aromatic rings. The summed E-state index contributed by atoms with van der Waals surface area (Å²) >= 11 is 11.2. The van der Waals surface area contributed by atoms with E-state index in [0.717, 1.165) is 6.07 Å². The minimum absolute atomic E-state index is 0.0761. The number of benzene rings is 1. The van der Waals surface area contributed by atoms with Crippen LogP contribution in [0.25, 0.3) is 0 Å². The molecule has 0 heterocycles. The summed E-state index contributed by atoms with van der Waals surface area (Å²) in [5.74, 6) is -0.850. The van der Waals surface area contributed by atoms with E-state index in [0.29, 0.717) is 0 Å². The number of rotatable bonds is 3. The van der Waals surface area contributed by atoms with Gasteiger partial charge < -0.3 is 5.32 Å². The molecule has 0 unspecified atom stereocenters. The van der Waals surface area contributed by atoms with Crippen molar-refractivity contribution in [3.05, 3.63) is 33.6 Å². The highest BCUT2D eigenvalue weighted by Gasteiger charge is 2.12. The molecule has 0 aliphatic heterocycles. The fraction of sp³-hybridized carbons (Fsp3) is 0.222. The van der Waals surface area contributed by atoms with Gasteiger partial charge in [-0.05, 0) is 19.2 Å². The summed E-state index contributed by atoms with van der Waals surface area (Å²) in [6.45, 7) is 0.141. The van der Waals surface area contributed by atoms with Crippen molar-refractivity contribution in [2.24, 2.45) is 0 Å². The predicted molar refractivity (Wildman–Crippen MR) is 54.7 cm³/mol. The number of hydrogen-bond acceptors (Lipinski definition) is 2. The molecule has 0 saturated heterocycles. The molecule has 1 N–H and O–H groups in total. The first kappa shape index (κ1) is 11.4. The largest absolute Gasteiger partial charge is 0.313 e. The molecule has 1 aromatic carbocycles. The summed E-state index contributed by atoms with van der Waals surface area (Å²) in [5, 5.41) is 2.66. The number of carbonyl (C=O) groups is 1. The zero-order chi connectivity index (χ0) is 10.7. The van der Waals surface area contributed by atoms with Crippen molar-refractivity contribution < 1.29 is 9.18 Å². The highest BCUT2D eigenvalue weighted by molar-refractivity contribution is 6.36. The molecule has 0 spiro atoms. The third-order valence-corrected chi connectivity index (χ3v) is 2.25. The quantitative estimate of drug-likeness (QED) is 0.645. The molecule has 0 aliphatic carbocycles. The zero-order valence-electron chi connectivity index (χ0n) is 7.40. The Kier molecular flexibility index (Phi) is 3.86. The van der Waals surface area contributed by atoms with Crippen LogP contribution in [-0.4, -0.2) is 19.4 Å². The van der Waals surface area contributed by atoms with Crippen LogP contribution in [0.1, 0.15) is 10.4 Å². The van der Waals surface area contributed by atoms with Crippen LogP contribution in [0, 0.1) is 5.82 Å². The number of likely N-dealkylation sites (N-methyl/N-ethyl adjacent to an activating group) is 1. The van der Waals surface area contributed by atoms with Crippen molar-refractivity contribution in [2.75, 3.05) is 13.6 Å². The maximum absolute atomic E-state index is 12.9. The van der Waals surface area contributed by atoms with Gasteiger partial charge in [-0.3, -0.25) is 4.79 Å². The number of hydrogen-bond donors (Lipinski definition) is 1. The molecular formula is C9H8Cl2FNO. The Hall–Kier alpha value is -0.640. The van der Waals surface area contributed by atoms with Gasteiger partial charge in [0.25, 0.3) is 0 Å². The van der Waals surface area contributed by atoms with E-state index in [1.807, 2.05) is 0 Å². The first-order valence-corrected chi connectivity index (χ1v) is 4.64. The van der Waals surface area contributed by atoms with E-state index >= 15 is 0 Å². The molecule has 0 atom stereocenters. The van der Waals surface area contributed by atoms with Crippen LogP contribution in [0.15, 0.2) is 12.1 Å². The van der Waals surface area contributed by atoms with Crippen molar-refractivity contribution in [1.29, 1.82) is 0 Å². The Bertz CT molecular complexity index is 368. The smallest absolute Gasteiger partial charge is 0.178 e. The Morgan fingerprint density at radius 1 is 1.43 bits per heavy atom. The number of carbonyl (C=O) groups excluding carboxylic acids is 1. The summed E-state index contributed by atoms with van der Waals surface area (Å²) in [4.78, 5) is 11.4. The van der Waals surface area contributed by atoms with Gasteiger partial charge in [-0.15, -0.1) is 0 Å². The summed E-state index contributed by atoms with van der Waals surface area (Å²) in [5.41, 5.74) is 0.229. The molecule has 5 heteroatoms. The second-order valence-electron chi connectivity index (χ2n) is 2.70. The normalized spacial score (nSPS) is 10.3. The van der Waals surface area contributed by atoms with Crippen molar-refractivity contribution in [3.63, 3.8) is 0 Å². The van der Waals surface area contributed by atoms with Crippen LogP contribution < -0.4 is 5.32 Å². The molecule has 0 radical (unpaired) electrons. The minimum Gasteiger partial charge on any atom is -0.313 e. The van der Waals surface area contributed by atoms with Gasteiger partial charge in [0.1, 0.15) is 5.82 Å². The number of ketones is 1. The minimum atomic E-state index is -0.627. The maximum atomic E-state index is 12.9. The first-order chi connectivity index (χ1) is 6.56. The van der Waals surface area contributed by atoms with E-state index < -0.39 is 5.82 Å². The number of halogens is 3.